The van der Waals surface area contributed by atoms with Gasteiger partial charge in [-0.25, -0.2) is 0 Å². The van der Waals surface area contributed by atoms with Gasteiger partial charge in [-0.3, -0.25) is 10.1 Å². The van der Waals surface area contributed by atoms with Gasteiger partial charge >= 0.3 is 0 Å². The van der Waals surface area contributed by atoms with Gasteiger partial charge in [0.15, 0.2) is 0 Å². The van der Waals surface area contributed by atoms with Gasteiger partial charge < -0.3 is 4.90 Å². The van der Waals surface area contributed by atoms with E-state index in [-0.39, 0.29) is 18.1 Å². The number of carbonyl (C=O) groups excluding carboxylic acids is 1. The zero-order valence-electron chi connectivity index (χ0n) is 8.29. The van der Waals surface area contributed by atoms with E-state index in [4.69, 9.17) is 0 Å². The van der Waals surface area contributed by atoms with Gasteiger partial charge in [-0.1, -0.05) is 13.8 Å². The molecule has 0 radical (unpaired) electrons. The van der Waals surface area contributed by atoms with E-state index >= 15 is 0 Å². The fourth-order valence-corrected chi connectivity index (χ4v) is 1.60. The lowest BCUT2D eigenvalue weighted by molar-refractivity contribution is -0.128. The van der Waals surface area contributed by atoms with Crippen LogP contribution in [0.25, 0.3) is 0 Å². The van der Waals surface area contributed by atoms with Crippen LogP contribution in [-0.2, 0) is 4.79 Å². The van der Waals surface area contributed by atoms with E-state index in [0.717, 1.165) is 6.42 Å². The normalized spacial score (nSPS) is 30.4. The van der Waals surface area contributed by atoms with Gasteiger partial charge in [0.1, 0.15) is 0 Å². The minimum atomic E-state index is -0.00116. The van der Waals surface area contributed by atoms with Gasteiger partial charge in [-0.2, -0.15) is 0 Å². The first-order chi connectivity index (χ1) is 5.52. The molecule has 1 saturated heterocycles. The van der Waals surface area contributed by atoms with Crippen LogP contribution in [0.2, 0.25) is 0 Å². The third-order valence-corrected chi connectivity index (χ3v) is 2.32. The summed E-state index contributed by atoms with van der Waals surface area (Å²) in [6.45, 7) is 6.26. The molecule has 1 N–H and O–H groups in total. The molecule has 3 nitrogen and oxygen atoms in total. The molecule has 3 heteroatoms. The van der Waals surface area contributed by atoms with Crippen LogP contribution < -0.4 is 5.32 Å². The van der Waals surface area contributed by atoms with Crippen LogP contribution in [0.3, 0.4) is 0 Å². The van der Waals surface area contributed by atoms with Crippen LogP contribution in [0.1, 0.15) is 27.2 Å². The summed E-state index contributed by atoms with van der Waals surface area (Å²) < 4.78 is 0. The molecule has 1 heterocycles. The molecule has 0 bridgehead atoms. The van der Waals surface area contributed by atoms with Crippen molar-refractivity contribution in [1.82, 2.24) is 10.2 Å². The maximum Gasteiger partial charge on any atom is 0.240 e. The second kappa shape index (κ2) is 3.44. The lowest BCUT2D eigenvalue weighted by Crippen LogP contribution is -2.35. The Labute approximate surface area is 74.1 Å². The van der Waals surface area contributed by atoms with Crippen molar-refractivity contribution < 1.29 is 4.79 Å². The highest BCUT2D eigenvalue weighted by molar-refractivity contribution is 5.83. The average Bonchev–Trinajstić information content (AvgIpc) is 2.17. The van der Waals surface area contributed by atoms with Crippen molar-refractivity contribution in [2.45, 2.75) is 39.4 Å². The highest BCUT2D eigenvalue weighted by Crippen LogP contribution is 2.14. The largest absolute Gasteiger partial charge is 0.329 e. The molecule has 2 atom stereocenters. The Kier molecular flexibility index (Phi) is 2.73. The quantitative estimate of drug-likeness (QED) is 0.665. The molecule has 70 valence electrons. The summed E-state index contributed by atoms with van der Waals surface area (Å²) in [7, 11) is 1.87. The highest BCUT2D eigenvalue weighted by Gasteiger charge is 2.33. The molecule has 1 amide bonds. The predicted octanol–water partition coefficient (Wildman–Crippen LogP) is 0.809. The van der Waals surface area contributed by atoms with Crippen LogP contribution in [-0.4, -0.2) is 30.1 Å². The fraction of sp³-hybridized carbons (Fsp3) is 0.889. The average molecular weight is 170 g/mol. The first kappa shape index (κ1) is 9.52. The maximum absolute atomic E-state index is 11.4. The molecule has 12 heavy (non-hydrogen) atoms. The SMILES string of the molecule is CC(C)CC1NC(C)C(=O)N1C. The van der Waals surface area contributed by atoms with Crippen molar-refractivity contribution in [1.29, 1.82) is 0 Å². The number of carbonyl (C=O) groups is 1. The van der Waals surface area contributed by atoms with Crippen molar-refractivity contribution in [3.05, 3.63) is 0 Å². The number of rotatable bonds is 2. The summed E-state index contributed by atoms with van der Waals surface area (Å²) in [4.78, 5) is 13.2. The molecule has 0 spiro atoms. The molecule has 0 aromatic carbocycles. The smallest absolute Gasteiger partial charge is 0.240 e. The Balaban J connectivity index is 2.53. The molecule has 0 aromatic heterocycles. The standard InChI is InChI=1S/C9H18N2O/c1-6(2)5-8-10-7(3)9(12)11(8)4/h6-8,10H,5H2,1-4H3. The van der Waals surface area contributed by atoms with Gasteiger partial charge in [0.05, 0.1) is 12.2 Å². The van der Waals surface area contributed by atoms with Gasteiger partial charge in [-0.05, 0) is 19.3 Å². The van der Waals surface area contributed by atoms with Crippen molar-refractivity contribution in [2.24, 2.45) is 5.92 Å². The second-order valence-electron chi connectivity index (χ2n) is 3.98. The Hall–Kier alpha value is -0.570. The summed E-state index contributed by atoms with van der Waals surface area (Å²) in [5.41, 5.74) is 0. The molecule has 1 aliphatic rings. The Bertz CT molecular complexity index is 179. The first-order valence-electron chi connectivity index (χ1n) is 4.55. The molecule has 2 unspecified atom stereocenters. The van der Waals surface area contributed by atoms with E-state index in [1.165, 1.54) is 0 Å². The maximum atomic E-state index is 11.4. The van der Waals surface area contributed by atoms with Gasteiger partial charge in [0.2, 0.25) is 5.91 Å². The topological polar surface area (TPSA) is 32.3 Å². The van der Waals surface area contributed by atoms with E-state index in [0.29, 0.717) is 5.92 Å². The number of nitrogens with one attached hydrogen (secondary N) is 1. The van der Waals surface area contributed by atoms with Gasteiger partial charge in [0, 0.05) is 7.05 Å². The van der Waals surface area contributed by atoms with Crippen molar-refractivity contribution in [3.8, 4) is 0 Å². The predicted molar refractivity (Wildman–Crippen MR) is 48.6 cm³/mol. The second-order valence-corrected chi connectivity index (χ2v) is 3.98. The number of amides is 1. The number of likely N-dealkylation sites (N-methyl/N-ethyl adjacent to an activating group) is 1. The van der Waals surface area contributed by atoms with Crippen molar-refractivity contribution in [3.63, 3.8) is 0 Å². The van der Waals surface area contributed by atoms with Crippen molar-refractivity contribution in [2.75, 3.05) is 7.05 Å². The van der Waals surface area contributed by atoms with Crippen LogP contribution >= 0.6 is 0 Å². The van der Waals surface area contributed by atoms with Crippen LogP contribution in [0.5, 0.6) is 0 Å². The molecule has 0 saturated carbocycles. The Morgan fingerprint density at radius 2 is 2.17 bits per heavy atom. The monoisotopic (exact) mass is 170 g/mol. The van der Waals surface area contributed by atoms with E-state index in [1.807, 2.05) is 18.9 Å². The van der Waals surface area contributed by atoms with Gasteiger partial charge in [-0.15, -0.1) is 0 Å². The number of nitrogens with zero attached hydrogens (tertiary/aromatic N) is 1. The zero-order chi connectivity index (χ0) is 9.30. The Morgan fingerprint density at radius 3 is 2.50 bits per heavy atom. The molecule has 1 fully saturated rings. The van der Waals surface area contributed by atoms with Crippen LogP contribution in [0.15, 0.2) is 0 Å². The van der Waals surface area contributed by atoms with Crippen molar-refractivity contribution >= 4 is 5.91 Å². The minimum Gasteiger partial charge on any atom is -0.329 e. The number of hydrogen-bond acceptors (Lipinski definition) is 2. The summed E-state index contributed by atoms with van der Waals surface area (Å²) in [6, 6.07) is -0.00116. The molecule has 1 rings (SSSR count). The molecule has 0 aliphatic carbocycles. The lowest BCUT2D eigenvalue weighted by atomic mass is 10.1. The van der Waals surface area contributed by atoms with E-state index in [1.54, 1.807) is 0 Å². The van der Waals surface area contributed by atoms with Gasteiger partial charge in [0.25, 0.3) is 0 Å². The minimum absolute atomic E-state index is 0.00116. The fourth-order valence-electron chi connectivity index (χ4n) is 1.60. The highest BCUT2D eigenvalue weighted by atomic mass is 16.2. The third kappa shape index (κ3) is 1.78. The van der Waals surface area contributed by atoms with E-state index in [9.17, 15) is 4.79 Å². The summed E-state index contributed by atoms with van der Waals surface area (Å²) in [5, 5.41) is 3.26. The molecule has 0 aromatic rings. The molecule has 1 aliphatic heterocycles. The summed E-state index contributed by atoms with van der Waals surface area (Å²) >= 11 is 0. The van der Waals surface area contributed by atoms with Crippen LogP contribution in [0, 0.1) is 5.92 Å². The molecular weight excluding hydrogens is 152 g/mol. The summed E-state index contributed by atoms with van der Waals surface area (Å²) in [5.74, 6) is 0.837. The van der Waals surface area contributed by atoms with Crippen LogP contribution in [0.4, 0.5) is 0 Å². The first-order valence-corrected chi connectivity index (χ1v) is 4.55. The third-order valence-electron chi connectivity index (χ3n) is 2.32. The lowest BCUT2D eigenvalue weighted by Gasteiger charge is -2.20. The summed E-state index contributed by atoms with van der Waals surface area (Å²) in [6.07, 6.45) is 1.28. The molecular formula is C9H18N2O. The zero-order valence-corrected chi connectivity index (χ0v) is 8.29. The van der Waals surface area contributed by atoms with E-state index < -0.39 is 0 Å². The van der Waals surface area contributed by atoms with E-state index in [2.05, 4.69) is 19.2 Å². The number of hydrogen-bond donors (Lipinski definition) is 1. The Morgan fingerprint density at radius 1 is 1.58 bits per heavy atom.